The highest BCUT2D eigenvalue weighted by atomic mass is 16.6. The molecule has 1 unspecified atom stereocenters. The first kappa shape index (κ1) is 57.9. The van der Waals surface area contributed by atoms with Crippen LogP contribution in [0.3, 0.4) is 0 Å². The molecule has 0 saturated heterocycles. The third-order valence-corrected chi connectivity index (χ3v) is 10.7. The van der Waals surface area contributed by atoms with Crippen molar-refractivity contribution in [3.05, 3.63) is 72.9 Å². The number of unbranched alkanes of at least 4 members (excludes halogenated alkanes) is 22. The van der Waals surface area contributed by atoms with Crippen molar-refractivity contribution in [2.24, 2.45) is 0 Å². The van der Waals surface area contributed by atoms with E-state index in [-0.39, 0.29) is 37.5 Å². The molecule has 0 aromatic rings. The molecule has 0 N–H and O–H groups in total. The van der Waals surface area contributed by atoms with Gasteiger partial charge in [0, 0.05) is 19.3 Å². The van der Waals surface area contributed by atoms with Crippen LogP contribution in [-0.4, -0.2) is 37.2 Å². The van der Waals surface area contributed by atoms with Crippen molar-refractivity contribution in [1.29, 1.82) is 0 Å². The fraction of sp³-hybridized carbons (Fsp3) is 0.727. The SMILES string of the molecule is CC/C=C\C/C=C\C/C=C\C/C=C\C/C=C\CCC(=O)OCC(COC(=O)CCCCCCCCCCCCCCC)OC(=O)CCCCC/C=C\CCCCCCCCC. The average molecular weight is 851 g/mol. The maximum atomic E-state index is 12.8. The molecule has 0 aromatic heterocycles. The molecule has 0 spiro atoms. The second kappa shape index (κ2) is 49.5. The van der Waals surface area contributed by atoms with Crippen molar-refractivity contribution >= 4 is 17.9 Å². The Labute approximate surface area is 376 Å². The van der Waals surface area contributed by atoms with E-state index in [0.717, 1.165) is 83.5 Å². The van der Waals surface area contributed by atoms with E-state index in [1.54, 1.807) is 0 Å². The van der Waals surface area contributed by atoms with E-state index in [1.165, 1.54) is 109 Å². The molecule has 0 aliphatic carbocycles. The summed E-state index contributed by atoms with van der Waals surface area (Å²) in [7, 11) is 0. The summed E-state index contributed by atoms with van der Waals surface area (Å²) in [6.07, 6.45) is 61.8. The van der Waals surface area contributed by atoms with Crippen molar-refractivity contribution in [3.8, 4) is 0 Å². The highest BCUT2D eigenvalue weighted by Crippen LogP contribution is 2.14. The number of carbonyl (C=O) groups is 3. The maximum absolute atomic E-state index is 12.8. The topological polar surface area (TPSA) is 78.9 Å². The van der Waals surface area contributed by atoms with Gasteiger partial charge in [-0.25, -0.2) is 0 Å². The summed E-state index contributed by atoms with van der Waals surface area (Å²) < 4.78 is 16.7. The monoisotopic (exact) mass is 851 g/mol. The van der Waals surface area contributed by atoms with Gasteiger partial charge in [0.1, 0.15) is 13.2 Å². The number of esters is 3. The lowest BCUT2D eigenvalue weighted by Gasteiger charge is -2.18. The van der Waals surface area contributed by atoms with E-state index in [9.17, 15) is 14.4 Å². The highest BCUT2D eigenvalue weighted by molar-refractivity contribution is 5.71. The molecule has 0 fully saturated rings. The van der Waals surface area contributed by atoms with Crippen molar-refractivity contribution in [1.82, 2.24) is 0 Å². The molecule has 0 aromatic carbocycles. The molecule has 0 radical (unpaired) electrons. The van der Waals surface area contributed by atoms with Gasteiger partial charge in [-0.05, 0) is 77.0 Å². The quantitative estimate of drug-likeness (QED) is 0.0263. The molecule has 0 aliphatic rings. The molecule has 6 heteroatoms. The van der Waals surface area contributed by atoms with Gasteiger partial charge in [-0.2, -0.15) is 0 Å². The lowest BCUT2D eigenvalue weighted by Crippen LogP contribution is -2.30. The Kier molecular flexibility index (Phi) is 46.9. The van der Waals surface area contributed by atoms with Crippen LogP contribution in [0.5, 0.6) is 0 Å². The number of ether oxygens (including phenoxy) is 3. The number of hydrogen-bond acceptors (Lipinski definition) is 6. The third kappa shape index (κ3) is 47.7. The summed E-state index contributed by atoms with van der Waals surface area (Å²) in [5.41, 5.74) is 0. The van der Waals surface area contributed by atoms with E-state index in [2.05, 4.69) is 87.6 Å². The van der Waals surface area contributed by atoms with Gasteiger partial charge in [0.25, 0.3) is 0 Å². The van der Waals surface area contributed by atoms with Crippen LogP contribution >= 0.6 is 0 Å². The third-order valence-electron chi connectivity index (χ3n) is 10.7. The first-order chi connectivity index (χ1) is 30.0. The van der Waals surface area contributed by atoms with Crippen LogP contribution in [0.15, 0.2) is 72.9 Å². The fourth-order valence-corrected chi connectivity index (χ4v) is 6.90. The van der Waals surface area contributed by atoms with Crippen molar-refractivity contribution in [3.63, 3.8) is 0 Å². The Bertz CT molecular complexity index is 1160. The van der Waals surface area contributed by atoms with Gasteiger partial charge in [0.15, 0.2) is 6.10 Å². The Morgan fingerprint density at radius 3 is 1.11 bits per heavy atom. The summed E-state index contributed by atoms with van der Waals surface area (Å²) in [6, 6.07) is 0. The van der Waals surface area contributed by atoms with Crippen LogP contribution in [0, 0.1) is 0 Å². The highest BCUT2D eigenvalue weighted by Gasteiger charge is 2.19. The standard InChI is InChI=1S/C55H94O6/c1-4-7-10-13-16-19-22-25-27-28-31-33-36-39-42-45-48-54(57)60-51-52(50-59-53(56)47-44-41-38-35-32-29-24-21-18-15-12-9-6-3)61-55(58)49-46-43-40-37-34-30-26-23-20-17-14-11-8-5-2/h7,10,16,19,25,27,30-31,33-34,39,42,52H,4-6,8-9,11-15,17-18,20-24,26,28-29,32,35-38,40-41,43-51H2,1-3H3/b10-7-,19-16-,27-25-,33-31-,34-30-,42-39-. The molecule has 0 heterocycles. The lowest BCUT2D eigenvalue weighted by atomic mass is 10.0. The smallest absolute Gasteiger partial charge is 0.306 e. The van der Waals surface area contributed by atoms with E-state index in [0.29, 0.717) is 19.3 Å². The van der Waals surface area contributed by atoms with E-state index < -0.39 is 6.10 Å². The molecule has 61 heavy (non-hydrogen) atoms. The Morgan fingerprint density at radius 2 is 0.672 bits per heavy atom. The zero-order chi connectivity index (χ0) is 44.4. The summed E-state index contributed by atoms with van der Waals surface area (Å²) in [6.45, 7) is 6.44. The van der Waals surface area contributed by atoms with Crippen LogP contribution in [0.1, 0.15) is 239 Å². The predicted octanol–water partition coefficient (Wildman–Crippen LogP) is 16.6. The normalized spacial score (nSPS) is 12.6. The molecule has 0 rings (SSSR count). The first-order valence-corrected chi connectivity index (χ1v) is 25.4. The number of allylic oxidation sites excluding steroid dienone is 12. The molecule has 0 bridgehead atoms. The van der Waals surface area contributed by atoms with Crippen LogP contribution in [0.2, 0.25) is 0 Å². The Hall–Kier alpha value is -3.15. The molecule has 0 aliphatic heterocycles. The molecule has 0 saturated carbocycles. The van der Waals surface area contributed by atoms with Gasteiger partial charge >= 0.3 is 17.9 Å². The van der Waals surface area contributed by atoms with Crippen LogP contribution in [0.4, 0.5) is 0 Å². The minimum atomic E-state index is -0.810. The van der Waals surface area contributed by atoms with Crippen molar-refractivity contribution < 1.29 is 28.6 Å². The molecular weight excluding hydrogens is 757 g/mol. The van der Waals surface area contributed by atoms with Gasteiger partial charge in [-0.15, -0.1) is 0 Å². The van der Waals surface area contributed by atoms with E-state index >= 15 is 0 Å². The molecular formula is C55H94O6. The van der Waals surface area contributed by atoms with E-state index in [1.807, 2.05) is 6.08 Å². The van der Waals surface area contributed by atoms with Gasteiger partial charge in [0.05, 0.1) is 0 Å². The zero-order valence-corrected chi connectivity index (χ0v) is 39.9. The van der Waals surface area contributed by atoms with Gasteiger partial charge in [0.2, 0.25) is 0 Å². The lowest BCUT2D eigenvalue weighted by molar-refractivity contribution is -0.166. The zero-order valence-electron chi connectivity index (χ0n) is 39.9. The number of rotatable bonds is 45. The number of hydrogen-bond donors (Lipinski definition) is 0. The second-order valence-corrected chi connectivity index (χ2v) is 16.7. The van der Waals surface area contributed by atoms with Gasteiger partial charge < -0.3 is 14.2 Å². The fourth-order valence-electron chi connectivity index (χ4n) is 6.90. The minimum absolute atomic E-state index is 0.103. The molecule has 1 atom stereocenters. The molecule has 0 amide bonds. The molecule has 350 valence electrons. The molecule has 6 nitrogen and oxygen atoms in total. The summed E-state index contributed by atoms with van der Waals surface area (Å²) in [5.74, 6) is -1.00. The minimum Gasteiger partial charge on any atom is -0.462 e. The largest absolute Gasteiger partial charge is 0.462 e. The predicted molar refractivity (Wildman–Crippen MR) is 261 cm³/mol. The second-order valence-electron chi connectivity index (χ2n) is 16.7. The number of carbonyl (C=O) groups excluding carboxylic acids is 3. The van der Waals surface area contributed by atoms with Crippen LogP contribution in [0.25, 0.3) is 0 Å². The van der Waals surface area contributed by atoms with Crippen LogP contribution < -0.4 is 0 Å². The van der Waals surface area contributed by atoms with Crippen molar-refractivity contribution in [2.45, 2.75) is 245 Å². The summed E-state index contributed by atoms with van der Waals surface area (Å²) >= 11 is 0. The maximum Gasteiger partial charge on any atom is 0.306 e. The average Bonchev–Trinajstić information content (AvgIpc) is 3.26. The Balaban J connectivity index is 4.50. The van der Waals surface area contributed by atoms with Crippen LogP contribution in [-0.2, 0) is 28.6 Å². The Morgan fingerprint density at radius 1 is 0.344 bits per heavy atom. The van der Waals surface area contributed by atoms with Gasteiger partial charge in [-0.1, -0.05) is 216 Å². The first-order valence-electron chi connectivity index (χ1n) is 25.4. The summed E-state index contributed by atoms with van der Waals surface area (Å²) in [5, 5.41) is 0. The summed E-state index contributed by atoms with van der Waals surface area (Å²) in [4.78, 5) is 37.9. The van der Waals surface area contributed by atoms with Crippen molar-refractivity contribution in [2.75, 3.05) is 13.2 Å². The van der Waals surface area contributed by atoms with E-state index in [4.69, 9.17) is 14.2 Å². The van der Waals surface area contributed by atoms with Gasteiger partial charge in [-0.3, -0.25) is 14.4 Å².